The fourth-order valence-corrected chi connectivity index (χ4v) is 1.36. The zero-order valence-corrected chi connectivity index (χ0v) is 10.0. The average Bonchev–Trinajstić information content (AvgIpc) is 2.02. The molecule has 0 aromatic carbocycles. The molecule has 0 amide bonds. The van der Waals surface area contributed by atoms with Gasteiger partial charge in [-0.2, -0.15) is 0 Å². The largest absolute Gasteiger partial charge is 0.326 e. The molecule has 0 heterocycles. The van der Waals surface area contributed by atoms with E-state index in [0.717, 1.165) is 12.8 Å². The van der Waals surface area contributed by atoms with E-state index in [-0.39, 0.29) is 16.5 Å². The van der Waals surface area contributed by atoms with Crippen LogP contribution < -0.4 is 0 Å². The molecule has 0 aromatic rings. The van der Waals surface area contributed by atoms with Crippen LogP contribution in [0.4, 0.5) is 0 Å². The number of hydrogen-bond donors (Lipinski definition) is 1. The van der Waals surface area contributed by atoms with Crippen LogP contribution in [-0.2, 0) is 25.6 Å². The van der Waals surface area contributed by atoms with Crippen molar-refractivity contribution in [3.63, 3.8) is 0 Å². The summed E-state index contributed by atoms with van der Waals surface area (Å²) in [6.45, 7) is 2.61. The normalized spacial score (nSPS) is 12.2. The van der Waals surface area contributed by atoms with Crippen molar-refractivity contribution in [2.45, 2.75) is 45.4 Å². The quantitative estimate of drug-likeness (QED) is 0.411. The maximum absolute atomic E-state index is 10.1. The van der Waals surface area contributed by atoms with Crippen molar-refractivity contribution in [2.75, 3.05) is 6.61 Å². The van der Waals surface area contributed by atoms with Crippen LogP contribution in [0.25, 0.3) is 0 Å². The molecule has 1 atom stereocenters. The van der Waals surface area contributed by atoms with Gasteiger partial charge >= 0.3 is 8.25 Å². The van der Waals surface area contributed by atoms with E-state index in [1.165, 1.54) is 25.7 Å². The van der Waals surface area contributed by atoms with Gasteiger partial charge in [0, 0.05) is 16.5 Å². The van der Waals surface area contributed by atoms with Gasteiger partial charge in [-0.15, -0.1) is 0 Å². The Hall–Kier alpha value is 0.644. The molecule has 0 aliphatic carbocycles. The van der Waals surface area contributed by atoms with Gasteiger partial charge in [0.25, 0.3) is 0 Å². The molecule has 0 saturated heterocycles. The molecule has 0 bridgehead atoms. The molecule has 1 N–H and O–H groups in total. The van der Waals surface area contributed by atoms with Crippen LogP contribution in [0, 0.1) is 0 Å². The van der Waals surface area contributed by atoms with Crippen molar-refractivity contribution in [2.24, 2.45) is 0 Å². The van der Waals surface area contributed by atoms with Gasteiger partial charge in [0.2, 0.25) is 0 Å². The summed E-state index contributed by atoms with van der Waals surface area (Å²) in [5, 5.41) is 0. The van der Waals surface area contributed by atoms with Crippen LogP contribution in [0.3, 0.4) is 0 Å². The summed E-state index contributed by atoms with van der Waals surface area (Å²) in [5.74, 6) is 0. The molecule has 0 aromatic heterocycles. The van der Waals surface area contributed by atoms with Gasteiger partial charge in [-0.1, -0.05) is 39.0 Å². The van der Waals surface area contributed by atoms with Gasteiger partial charge in [0.1, 0.15) is 0 Å². The minimum absolute atomic E-state index is 0. The predicted octanol–water partition coefficient (Wildman–Crippen LogP) is 2.74. The molecule has 0 radical (unpaired) electrons. The summed E-state index contributed by atoms with van der Waals surface area (Å²) < 4.78 is 14.6. The molecule has 13 heavy (non-hydrogen) atoms. The SMILES string of the molecule is CCCCCCCCO[PH](=O)O.[Ni]. The third-order valence-electron chi connectivity index (χ3n) is 1.72. The summed E-state index contributed by atoms with van der Waals surface area (Å²) in [5.41, 5.74) is 0. The van der Waals surface area contributed by atoms with Crippen molar-refractivity contribution in [1.82, 2.24) is 0 Å². The fraction of sp³-hybridized carbons (Fsp3) is 1.00. The Balaban J connectivity index is 0. The molecule has 0 aliphatic rings. The first-order valence-corrected chi connectivity index (χ1v) is 5.89. The minimum atomic E-state index is -2.68. The molecule has 0 rings (SSSR count). The van der Waals surface area contributed by atoms with E-state index in [1.54, 1.807) is 0 Å². The first kappa shape index (κ1) is 16.1. The van der Waals surface area contributed by atoms with Crippen molar-refractivity contribution < 1.29 is 30.5 Å². The fourth-order valence-electron chi connectivity index (χ4n) is 1.04. The second kappa shape index (κ2) is 12.6. The van der Waals surface area contributed by atoms with E-state index < -0.39 is 8.25 Å². The summed E-state index contributed by atoms with van der Waals surface area (Å²) in [6.07, 6.45) is 7.03. The van der Waals surface area contributed by atoms with Crippen LogP contribution in [0.2, 0.25) is 0 Å². The molecule has 1 unspecified atom stereocenters. The van der Waals surface area contributed by atoms with Gasteiger partial charge in [-0.3, -0.25) is 4.57 Å². The number of rotatable bonds is 8. The van der Waals surface area contributed by atoms with Crippen molar-refractivity contribution in [3.05, 3.63) is 0 Å². The minimum Gasteiger partial charge on any atom is -0.326 e. The predicted molar refractivity (Wildman–Crippen MR) is 50.5 cm³/mol. The smallest absolute Gasteiger partial charge is 0.316 e. The van der Waals surface area contributed by atoms with Gasteiger partial charge in [0.05, 0.1) is 6.61 Å². The van der Waals surface area contributed by atoms with Crippen LogP contribution in [0.1, 0.15) is 45.4 Å². The topological polar surface area (TPSA) is 46.5 Å². The molecular weight excluding hydrogens is 234 g/mol. The Morgan fingerprint density at radius 2 is 1.69 bits per heavy atom. The summed E-state index contributed by atoms with van der Waals surface area (Å²) in [7, 11) is -2.68. The molecule has 0 fully saturated rings. The van der Waals surface area contributed by atoms with E-state index in [2.05, 4.69) is 11.4 Å². The first-order chi connectivity index (χ1) is 5.77. The zero-order valence-electron chi connectivity index (χ0n) is 8.03. The van der Waals surface area contributed by atoms with Gasteiger partial charge in [-0.25, -0.2) is 0 Å². The van der Waals surface area contributed by atoms with Crippen LogP contribution >= 0.6 is 8.25 Å². The number of hydrogen-bond acceptors (Lipinski definition) is 2. The van der Waals surface area contributed by atoms with E-state index in [9.17, 15) is 4.57 Å². The monoisotopic (exact) mass is 252 g/mol. The van der Waals surface area contributed by atoms with E-state index in [0.29, 0.717) is 6.61 Å². The van der Waals surface area contributed by atoms with E-state index in [1.807, 2.05) is 0 Å². The molecule has 84 valence electrons. The third-order valence-corrected chi connectivity index (χ3v) is 2.17. The third kappa shape index (κ3) is 15.4. The van der Waals surface area contributed by atoms with Crippen molar-refractivity contribution >= 4 is 8.25 Å². The second-order valence-corrected chi connectivity index (χ2v) is 3.70. The molecule has 3 nitrogen and oxygen atoms in total. The summed E-state index contributed by atoms with van der Waals surface area (Å²) in [4.78, 5) is 8.32. The summed E-state index contributed by atoms with van der Waals surface area (Å²) >= 11 is 0. The average molecular weight is 253 g/mol. The Labute approximate surface area is 91.1 Å². The molecule has 0 spiro atoms. The van der Waals surface area contributed by atoms with Crippen molar-refractivity contribution in [1.29, 1.82) is 0 Å². The number of unbranched alkanes of at least 4 members (excludes halogenated alkanes) is 5. The Bertz CT molecular complexity index is 122. The van der Waals surface area contributed by atoms with Gasteiger partial charge in [0.15, 0.2) is 0 Å². The van der Waals surface area contributed by atoms with Gasteiger partial charge < -0.3 is 9.42 Å². The summed E-state index contributed by atoms with van der Waals surface area (Å²) in [6, 6.07) is 0. The Kier molecular flexibility index (Phi) is 15.6. The maximum atomic E-state index is 10.1. The van der Waals surface area contributed by atoms with Crippen molar-refractivity contribution in [3.8, 4) is 0 Å². The van der Waals surface area contributed by atoms with Gasteiger partial charge in [-0.05, 0) is 6.42 Å². The maximum Gasteiger partial charge on any atom is 0.316 e. The molecule has 0 aliphatic heterocycles. The Morgan fingerprint density at radius 3 is 2.23 bits per heavy atom. The molecule has 0 saturated carbocycles. The van der Waals surface area contributed by atoms with E-state index >= 15 is 0 Å². The molecule has 5 heteroatoms. The Morgan fingerprint density at radius 1 is 1.15 bits per heavy atom. The van der Waals surface area contributed by atoms with Crippen LogP contribution in [-0.4, -0.2) is 11.5 Å². The van der Waals surface area contributed by atoms with Crippen LogP contribution in [0.15, 0.2) is 0 Å². The first-order valence-electron chi connectivity index (χ1n) is 4.63. The second-order valence-electron chi connectivity index (χ2n) is 2.88. The standard InChI is InChI=1S/C8H19O3P.Ni/c1-2-3-4-5-6-7-8-11-12(9)10;/h12H,2-8H2,1H3,(H,9,10);. The zero-order chi connectivity index (χ0) is 9.23. The van der Waals surface area contributed by atoms with Crippen LogP contribution in [0.5, 0.6) is 0 Å². The molecular formula is C8H19NiO3P. The van der Waals surface area contributed by atoms with E-state index in [4.69, 9.17) is 4.89 Å².